The highest BCUT2D eigenvalue weighted by molar-refractivity contribution is 5.88. The Bertz CT molecular complexity index is 962. The van der Waals surface area contributed by atoms with E-state index in [2.05, 4.69) is 66.4 Å². The highest BCUT2D eigenvalue weighted by atomic mass is 15.2. The zero-order valence-electron chi connectivity index (χ0n) is 16.4. The van der Waals surface area contributed by atoms with Crippen LogP contribution in [-0.2, 0) is 6.54 Å². The molecule has 0 aromatic heterocycles. The van der Waals surface area contributed by atoms with E-state index in [-0.39, 0.29) is 6.04 Å². The van der Waals surface area contributed by atoms with Crippen molar-refractivity contribution < 1.29 is 0 Å². The first-order valence-corrected chi connectivity index (χ1v) is 9.92. The minimum absolute atomic E-state index is 0.0451. The summed E-state index contributed by atoms with van der Waals surface area (Å²) < 4.78 is 0. The average Bonchev–Trinajstić information content (AvgIpc) is 3.14. The number of hydrogen-bond acceptors (Lipinski definition) is 3. The SMILES string of the molecule is Cc1cccc(CN2CCC(=NC(c3ccccc3)c3ccccc3N)C2)c1. The maximum Gasteiger partial charge on any atom is 0.102 e. The van der Waals surface area contributed by atoms with Crippen LogP contribution in [0.4, 0.5) is 5.69 Å². The molecule has 0 spiro atoms. The minimum Gasteiger partial charge on any atom is -0.398 e. The van der Waals surface area contributed by atoms with Crippen LogP contribution in [0.1, 0.15) is 34.7 Å². The smallest absolute Gasteiger partial charge is 0.102 e. The third kappa shape index (κ3) is 4.32. The number of anilines is 1. The molecule has 1 saturated heterocycles. The van der Waals surface area contributed by atoms with Gasteiger partial charge < -0.3 is 5.73 Å². The van der Waals surface area contributed by atoms with Gasteiger partial charge in [-0.25, -0.2) is 0 Å². The first-order valence-electron chi connectivity index (χ1n) is 9.92. The van der Waals surface area contributed by atoms with Crippen LogP contribution in [0.5, 0.6) is 0 Å². The van der Waals surface area contributed by atoms with Crippen LogP contribution in [0.15, 0.2) is 83.9 Å². The molecule has 1 heterocycles. The normalized spacial score (nSPS) is 17.1. The van der Waals surface area contributed by atoms with Gasteiger partial charge in [0.05, 0.1) is 0 Å². The molecule has 4 rings (SSSR count). The van der Waals surface area contributed by atoms with Crippen molar-refractivity contribution in [3.05, 3.63) is 101 Å². The van der Waals surface area contributed by atoms with Gasteiger partial charge in [-0.15, -0.1) is 0 Å². The monoisotopic (exact) mass is 369 g/mol. The lowest BCUT2D eigenvalue weighted by atomic mass is 9.97. The van der Waals surface area contributed by atoms with Crippen molar-refractivity contribution in [1.82, 2.24) is 4.90 Å². The highest BCUT2D eigenvalue weighted by Gasteiger charge is 2.22. The summed E-state index contributed by atoms with van der Waals surface area (Å²) in [6.07, 6.45) is 1.02. The summed E-state index contributed by atoms with van der Waals surface area (Å²) in [6, 6.07) is 27.3. The van der Waals surface area contributed by atoms with Gasteiger partial charge in [-0.2, -0.15) is 0 Å². The van der Waals surface area contributed by atoms with Gasteiger partial charge in [0.15, 0.2) is 0 Å². The predicted molar refractivity (Wildman–Crippen MR) is 118 cm³/mol. The third-order valence-electron chi connectivity index (χ3n) is 5.33. The number of aliphatic imine (C=N–C) groups is 1. The van der Waals surface area contributed by atoms with E-state index in [0.717, 1.165) is 37.3 Å². The Kier molecular flexibility index (Phi) is 5.54. The fourth-order valence-corrected chi connectivity index (χ4v) is 3.91. The molecule has 3 aromatic carbocycles. The van der Waals surface area contributed by atoms with Crippen LogP contribution in [0.2, 0.25) is 0 Å². The molecule has 142 valence electrons. The molecule has 3 heteroatoms. The van der Waals surface area contributed by atoms with Crippen molar-refractivity contribution in [3.63, 3.8) is 0 Å². The second-order valence-electron chi connectivity index (χ2n) is 7.59. The Hall–Kier alpha value is -2.91. The second kappa shape index (κ2) is 8.41. The minimum atomic E-state index is -0.0451. The Morgan fingerprint density at radius 1 is 0.964 bits per heavy atom. The van der Waals surface area contributed by atoms with E-state index in [9.17, 15) is 0 Å². The molecular weight excluding hydrogens is 342 g/mol. The van der Waals surface area contributed by atoms with Gasteiger partial charge in [0.1, 0.15) is 6.04 Å². The number of rotatable bonds is 5. The lowest BCUT2D eigenvalue weighted by molar-refractivity contribution is 0.340. The summed E-state index contributed by atoms with van der Waals surface area (Å²) in [5.74, 6) is 0. The Labute approximate surface area is 167 Å². The van der Waals surface area contributed by atoms with Crippen LogP contribution in [0.25, 0.3) is 0 Å². The molecule has 28 heavy (non-hydrogen) atoms. The predicted octanol–water partition coefficient (Wildman–Crippen LogP) is 5.01. The summed E-state index contributed by atoms with van der Waals surface area (Å²) in [7, 11) is 0. The van der Waals surface area contributed by atoms with Crippen LogP contribution < -0.4 is 5.73 Å². The van der Waals surface area contributed by atoms with Crippen molar-refractivity contribution in [2.45, 2.75) is 25.9 Å². The van der Waals surface area contributed by atoms with Crippen molar-refractivity contribution in [2.75, 3.05) is 18.8 Å². The van der Waals surface area contributed by atoms with E-state index in [0.29, 0.717) is 0 Å². The maximum absolute atomic E-state index is 6.30. The summed E-state index contributed by atoms with van der Waals surface area (Å²) in [5.41, 5.74) is 13.3. The molecule has 0 aliphatic carbocycles. The summed E-state index contributed by atoms with van der Waals surface area (Å²) >= 11 is 0. The third-order valence-corrected chi connectivity index (χ3v) is 5.33. The largest absolute Gasteiger partial charge is 0.398 e. The van der Waals surface area contributed by atoms with Crippen LogP contribution in [0, 0.1) is 6.92 Å². The van der Waals surface area contributed by atoms with Crippen molar-refractivity contribution in [2.24, 2.45) is 4.99 Å². The lowest BCUT2D eigenvalue weighted by Gasteiger charge is -2.18. The fourth-order valence-electron chi connectivity index (χ4n) is 3.91. The van der Waals surface area contributed by atoms with E-state index in [1.807, 2.05) is 24.3 Å². The fraction of sp³-hybridized carbons (Fsp3) is 0.240. The number of likely N-dealkylation sites (tertiary alicyclic amines) is 1. The molecule has 3 nitrogen and oxygen atoms in total. The molecule has 0 amide bonds. The molecule has 0 saturated carbocycles. The first-order chi connectivity index (χ1) is 13.7. The van der Waals surface area contributed by atoms with Gasteiger partial charge in [-0.1, -0.05) is 78.4 Å². The van der Waals surface area contributed by atoms with E-state index < -0.39 is 0 Å². The van der Waals surface area contributed by atoms with Crippen LogP contribution in [0.3, 0.4) is 0 Å². The van der Waals surface area contributed by atoms with Gasteiger partial charge >= 0.3 is 0 Å². The topological polar surface area (TPSA) is 41.6 Å². The summed E-state index contributed by atoms with van der Waals surface area (Å²) in [4.78, 5) is 7.66. The molecular formula is C25H27N3. The average molecular weight is 370 g/mol. The van der Waals surface area contributed by atoms with Crippen molar-refractivity contribution in [1.29, 1.82) is 0 Å². The van der Waals surface area contributed by atoms with E-state index in [1.54, 1.807) is 0 Å². The van der Waals surface area contributed by atoms with E-state index in [4.69, 9.17) is 10.7 Å². The van der Waals surface area contributed by atoms with Gasteiger partial charge in [0.25, 0.3) is 0 Å². The van der Waals surface area contributed by atoms with Crippen molar-refractivity contribution >= 4 is 11.4 Å². The number of hydrogen-bond donors (Lipinski definition) is 1. The molecule has 1 unspecified atom stereocenters. The highest BCUT2D eigenvalue weighted by Crippen LogP contribution is 2.31. The molecule has 3 aromatic rings. The lowest BCUT2D eigenvalue weighted by Crippen LogP contribution is -2.20. The molecule has 0 bridgehead atoms. The zero-order chi connectivity index (χ0) is 19.3. The summed E-state index contributed by atoms with van der Waals surface area (Å²) in [5, 5.41) is 0. The summed E-state index contributed by atoms with van der Waals surface area (Å²) in [6.45, 7) is 5.10. The van der Waals surface area contributed by atoms with Gasteiger partial charge in [0, 0.05) is 36.6 Å². The van der Waals surface area contributed by atoms with Gasteiger partial charge in [0.2, 0.25) is 0 Å². The number of nitrogens with two attached hydrogens (primary N) is 1. The molecule has 1 fully saturated rings. The number of para-hydroxylation sites is 1. The number of benzene rings is 3. The van der Waals surface area contributed by atoms with Crippen LogP contribution in [-0.4, -0.2) is 23.7 Å². The van der Waals surface area contributed by atoms with Crippen molar-refractivity contribution in [3.8, 4) is 0 Å². The standard InChI is InChI=1S/C25H27N3/c1-19-8-7-9-20(16-19)17-28-15-14-22(18-28)27-25(21-10-3-2-4-11-21)23-12-5-6-13-24(23)26/h2-13,16,25H,14-15,17-18,26H2,1H3. The molecule has 2 N–H and O–H groups in total. The molecule has 1 aliphatic heterocycles. The second-order valence-corrected chi connectivity index (χ2v) is 7.59. The Morgan fingerprint density at radius 2 is 1.75 bits per heavy atom. The maximum atomic E-state index is 6.30. The number of nitrogens with zero attached hydrogens (tertiary/aromatic N) is 2. The van der Waals surface area contributed by atoms with Crippen LogP contribution >= 0.6 is 0 Å². The number of nitrogen functional groups attached to an aromatic ring is 1. The number of aryl methyl sites for hydroxylation is 1. The molecule has 0 radical (unpaired) electrons. The molecule has 1 atom stereocenters. The Morgan fingerprint density at radius 3 is 2.54 bits per heavy atom. The zero-order valence-corrected chi connectivity index (χ0v) is 16.4. The van der Waals surface area contributed by atoms with Gasteiger partial charge in [-0.3, -0.25) is 9.89 Å². The van der Waals surface area contributed by atoms with E-state index >= 15 is 0 Å². The molecule has 1 aliphatic rings. The first kappa shape index (κ1) is 18.5. The quantitative estimate of drug-likeness (QED) is 0.642. The van der Waals surface area contributed by atoms with Gasteiger partial charge in [-0.05, 0) is 30.5 Å². The Balaban J connectivity index is 1.57. The van der Waals surface area contributed by atoms with E-state index in [1.165, 1.54) is 22.4 Å².